The molecule has 0 radical (unpaired) electrons. The van der Waals surface area contributed by atoms with Crippen LogP contribution in [0.5, 0.6) is 5.75 Å². The molecule has 124 valence electrons. The van der Waals surface area contributed by atoms with Crippen molar-refractivity contribution in [3.8, 4) is 5.75 Å². The largest absolute Gasteiger partial charge is 0.507 e. The lowest BCUT2D eigenvalue weighted by atomic mass is 10.2. The predicted octanol–water partition coefficient (Wildman–Crippen LogP) is 1.40. The molecular weight excluding hydrogens is 312 g/mol. The van der Waals surface area contributed by atoms with Crippen molar-refractivity contribution in [2.24, 2.45) is 0 Å². The van der Waals surface area contributed by atoms with Gasteiger partial charge in [-0.3, -0.25) is 20.4 Å². The molecule has 0 unspecified atom stereocenters. The minimum atomic E-state index is -1.16. The molecule has 0 saturated heterocycles. The van der Waals surface area contributed by atoms with Crippen molar-refractivity contribution in [1.82, 2.24) is 10.9 Å². The number of hydrogen-bond donors (Lipinski definition) is 3. The smallest absolute Gasteiger partial charge is 0.342 e. The van der Waals surface area contributed by atoms with Gasteiger partial charge in [0.05, 0.1) is 0 Å². The average molecular weight is 328 g/mol. The third-order valence-corrected chi connectivity index (χ3v) is 3.11. The monoisotopic (exact) mass is 328 g/mol. The van der Waals surface area contributed by atoms with Crippen LogP contribution in [0.1, 0.15) is 27.6 Å². The highest BCUT2D eigenvalue weighted by Gasteiger charge is 2.21. The number of carbonyl (C=O) groups is 3. The summed E-state index contributed by atoms with van der Waals surface area (Å²) in [6.07, 6.45) is -1.16. The quantitative estimate of drug-likeness (QED) is 0.581. The number of rotatable bonds is 4. The molecule has 2 rings (SSSR count). The van der Waals surface area contributed by atoms with Crippen LogP contribution in [-0.2, 0) is 9.53 Å². The van der Waals surface area contributed by atoms with E-state index < -0.39 is 23.9 Å². The number of hydrazine groups is 1. The Kier molecular flexibility index (Phi) is 5.51. The van der Waals surface area contributed by atoms with Crippen molar-refractivity contribution >= 4 is 17.8 Å². The Hall–Kier alpha value is -3.35. The Labute approximate surface area is 138 Å². The van der Waals surface area contributed by atoms with Crippen molar-refractivity contribution in [2.45, 2.75) is 13.0 Å². The highest BCUT2D eigenvalue weighted by atomic mass is 16.5. The number of amides is 2. The third kappa shape index (κ3) is 4.33. The molecule has 0 saturated carbocycles. The van der Waals surface area contributed by atoms with Gasteiger partial charge in [-0.05, 0) is 31.2 Å². The fraction of sp³-hybridized carbons (Fsp3) is 0.118. The molecule has 0 aliphatic heterocycles. The van der Waals surface area contributed by atoms with E-state index in [-0.39, 0.29) is 11.3 Å². The summed E-state index contributed by atoms with van der Waals surface area (Å²) in [5.41, 5.74) is 4.72. The van der Waals surface area contributed by atoms with E-state index in [4.69, 9.17) is 4.74 Å². The predicted molar refractivity (Wildman–Crippen MR) is 85.0 cm³/mol. The Morgan fingerprint density at radius 3 is 2.25 bits per heavy atom. The van der Waals surface area contributed by atoms with Crippen molar-refractivity contribution in [3.05, 3.63) is 65.7 Å². The summed E-state index contributed by atoms with van der Waals surface area (Å²) in [6.45, 7) is 1.35. The molecule has 0 aliphatic carbocycles. The number of nitrogens with one attached hydrogen (secondary N) is 2. The zero-order valence-corrected chi connectivity index (χ0v) is 12.9. The maximum Gasteiger partial charge on any atom is 0.342 e. The Morgan fingerprint density at radius 1 is 0.958 bits per heavy atom. The van der Waals surface area contributed by atoms with E-state index in [1.165, 1.54) is 19.1 Å². The Bertz CT molecular complexity index is 746. The molecule has 0 aromatic heterocycles. The van der Waals surface area contributed by atoms with Crippen LogP contribution < -0.4 is 10.9 Å². The summed E-state index contributed by atoms with van der Waals surface area (Å²) in [7, 11) is 0. The molecule has 1 atom stereocenters. The van der Waals surface area contributed by atoms with Gasteiger partial charge in [-0.2, -0.15) is 0 Å². The lowest BCUT2D eigenvalue weighted by Gasteiger charge is -2.14. The molecule has 2 aromatic carbocycles. The molecule has 0 bridgehead atoms. The first-order valence-electron chi connectivity index (χ1n) is 7.13. The van der Waals surface area contributed by atoms with Crippen LogP contribution in [0.3, 0.4) is 0 Å². The minimum absolute atomic E-state index is 0.0505. The van der Waals surface area contributed by atoms with E-state index in [2.05, 4.69) is 10.9 Å². The molecule has 7 nitrogen and oxygen atoms in total. The lowest BCUT2D eigenvalue weighted by Crippen LogP contribution is -2.46. The van der Waals surface area contributed by atoms with E-state index in [1.54, 1.807) is 42.5 Å². The van der Waals surface area contributed by atoms with Crippen molar-refractivity contribution in [2.75, 3.05) is 0 Å². The summed E-state index contributed by atoms with van der Waals surface area (Å²) in [5, 5.41) is 9.58. The number of ether oxygens (including phenoxy) is 1. The Morgan fingerprint density at radius 2 is 1.58 bits per heavy atom. The number of phenolic OH excluding ortho intramolecular Hbond substituents is 1. The van der Waals surface area contributed by atoms with Gasteiger partial charge in [-0.25, -0.2) is 4.79 Å². The first kappa shape index (κ1) is 17.0. The van der Waals surface area contributed by atoms with E-state index in [9.17, 15) is 19.5 Å². The van der Waals surface area contributed by atoms with E-state index in [0.29, 0.717) is 5.56 Å². The van der Waals surface area contributed by atoms with Crippen LogP contribution in [0.15, 0.2) is 54.6 Å². The second kappa shape index (κ2) is 7.77. The van der Waals surface area contributed by atoms with Crippen LogP contribution in [0.2, 0.25) is 0 Å². The van der Waals surface area contributed by atoms with E-state index >= 15 is 0 Å². The van der Waals surface area contributed by atoms with Crippen LogP contribution >= 0.6 is 0 Å². The third-order valence-electron chi connectivity index (χ3n) is 3.11. The first-order valence-corrected chi connectivity index (χ1v) is 7.13. The molecule has 3 N–H and O–H groups in total. The maximum atomic E-state index is 11.9. The second-order valence-corrected chi connectivity index (χ2v) is 4.87. The Balaban J connectivity index is 1.87. The van der Waals surface area contributed by atoms with Gasteiger partial charge < -0.3 is 9.84 Å². The van der Waals surface area contributed by atoms with Gasteiger partial charge in [-0.15, -0.1) is 0 Å². The molecule has 24 heavy (non-hydrogen) atoms. The fourth-order valence-electron chi connectivity index (χ4n) is 1.81. The fourth-order valence-corrected chi connectivity index (χ4v) is 1.81. The molecule has 7 heteroatoms. The number of esters is 1. The van der Waals surface area contributed by atoms with Crippen LogP contribution in [0.25, 0.3) is 0 Å². The van der Waals surface area contributed by atoms with Gasteiger partial charge in [0, 0.05) is 5.56 Å². The normalized spacial score (nSPS) is 11.2. The second-order valence-electron chi connectivity index (χ2n) is 4.87. The summed E-state index contributed by atoms with van der Waals surface area (Å²) >= 11 is 0. The van der Waals surface area contributed by atoms with Gasteiger partial charge >= 0.3 is 5.97 Å². The lowest BCUT2D eigenvalue weighted by molar-refractivity contribution is -0.129. The minimum Gasteiger partial charge on any atom is -0.507 e. The highest BCUT2D eigenvalue weighted by molar-refractivity contribution is 5.97. The molecule has 0 fully saturated rings. The topological polar surface area (TPSA) is 105 Å². The van der Waals surface area contributed by atoms with Crippen LogP contribution in [-0.4, -0.2) is 29.0 Å². The first-order chi connectivity index (χ1) is 11.5. The molecule has 0 heterocycles. The average Bonchev–Trinajstić information content (AvgIpc) is 2.60. The maximum absolute atomic E-state index is 11.9. The molecule has 2 amide bonds. The number of hydrogen-bond acceptors (Lipinski definition) is 5. The van der Waals surface area contributed by atoms with E-state index in [1.807, 2.05) is 0 Å². The summed E-state index contributed by atoms with van der Waals surface area (Å²) in [5.74, 6) is -2.29. The number of aromatic hydroxyl groups is 1. The number of benzene rings is 2. The van der Waals surface area contributed by atoms with Crippen LogP contribution in [0.4, 0.5) is 0 Å². The van der Waals surface area contributed by atoms with Crippen molar-refractivity contribution in [1.29, 1.82) is 0 Å². The van der Waals surface area contributed by atoms with E-state index in [0.717, 1.165) is 0 Å². The summed E-state index contributed by atoms with van der Waals surface area (Å²) in [6, 6.07) is 14.1. The molecule has 2 aromatic rings. The number of carbonyl (C=O) groups excluding carboxylic acids is 3. The van der Waals surface area contributed by atoms with Gasteiger partial charge in [-0.1, -0.05) is 30.3 Å². The zero-order chi connectivity index (χ0) is 17.5. The summed E-state index contributed by atoms with van der Waals surface area (Å²) in [4.78, 5) is 35.5. The number of phenols is 1. The SMILES string of the molecule is C[C@@H](OC(=O)c1ccccc1O)C(=O)NNC(=O)c1ccccc1. The highest BCUT2D eigenvalue weighted by Crippen LogP contribution is 2.17. The summed E-state index contributed by atoms with van der Waals surface area (Å²) < 4.78 is 4.95. The zero-order valence-electron chi connectivity index (χ0n) is 12.9. The van der Waals surface area contributed by atoms with Crippen molar-refractivity contribution < 1.29 is 24.2 Å². The standard InChI is InChI=1S/C17H16N2O5/c1-11(24-17(23)13-9-5-6-10-14(13)20)15(21)18-19-16(22)12-7-3-2-4-8-12/h2-11,20H,1H3,(H,18,21)(H,19,22)/t11-/m1/s1. The number of para-hydroxylation sites is 1. The van der Waals surface area contributed by atoms with Gasteiger partial charge in [0.25, 0.3) is 11.8 Å². The van der Waals surface area contributed by atoms with Gasteiger partial charge in [0.15, 0.2) is 6.10 Å². The van der Waals surface area contributed by atoms with Gasteiger partial charge in [0.2, 0.25) is 0 Å². The van der Waals surface area contributed by atoms with Crippen LogP contribution in [0, 0.1) is 0 Å². The van der Waals surface area contributed by atoms with Gasteiger partial charge in [0.1, 0.15) is 11.3 Å². The molecule has 0 aliphatic rings. The van der Waals surface area contributed by atoms with Crippen molar-refractivity contribution in [3.63, 3.8) is 0 Å². The molecular formula is C17H16N2O5. The molecule has 0 spiro atoms.